The Balaban J connectivity index is 1.63. The molecule has 0 aliphatic carbocycles. The van der Waals surface area contributed by atoms with Crippen molar-refractivity contribution in [3.05, 3.63) is 42.0 Å². The normalized spacial score (nSPS) is 23.0. The fraction of sp³-hybridized carbons (Fsp3) is 0.524. The number of carbonyl (C=O) groups excluding carboxylic acids is 2. The summed E-state index contributed by atoms with van der Waals surface area (Å²) in [4.78, 5) is 26.8. The van der Waals surface area contributed by atoms with Crippen LogP contribution in [0.5, 0.6) is 0 Å². The van der Waals surface area contributed by atoms with E-state index in [1.807, 2.05) is 24.3 Å². The minimum Gasteiger partial charge on any atom is -0.349 e. The molecule has 27 heavy (non-hydrogen) atoms. The lowest BCUT2D eigenvalue weighted by Gasteiger charge is -2.20. The summed E-state index contributed by atoms with van der Waals surface area (Å²) in [7, 11) is 0. The Kier molecular flexibility index (Phi) is 6.26. The molecule has 2 heterocycles. The van der Waals surface area contributed by atoms with Gasteiger partial charge in [-0.1, -0.05) is 38.1 Å². The number of nitrogens with zero attached hydrogens (tertiary/aromatic N) is 1. The third-order valence-electron chi connectivity index (χ3n) is 5.07. The summed E-state index contributed by atoms with van der Waals surface area (Å²) in [6.45, 7) is 5.02. The molecule has 1 aromatic rings. The van der Waals surface area contributed by atoms with Crippen LogP contribution < -0.4 is 15.5 Å². The molecule has 146 valence electrons. The maximum Gasteiger partial charge on any atom is 0.250 e. The first-order valence-corrected chi connectivity index (χ1v) is 9.69. The molecular weight excluding hydrogens is 345 g/mol. The molecule has 1 aromatic carbocycles. The lowest BCUT2D eigenvalue weighted by molar-refractivity contribution is -0.123. The van der Waals surface area contributed by atoms with E-state index in [4.69, 9.17) is 0 Å². The molecule has 2 aliphatic rings. The van der Waals surface area contributed by atoms with Crippen molar-refractivity contribution in [2.45, 2.75) is 51.4 Å². The van der Waals surface area contributed by atoms with Gasteiger partial charge in [0.1, 0.15) is 6.17 Å². The fourth-order valence-corrected chi connectivity index (χ4v) is 3.72. The predicted octanol–water partition coefficient (Wildman–Crippen LogP) is 2.36. The number of hydrogen-bond donors (Lipinski definition) is 2. The maximum atomic E-state index is 13.3. The smallest absolute Gasteiger partial charge is 0.250 e. The van der Waals surface area contributed by atoms with Gasteiger partial charge in [0.25, 0.3) is 5.91 Å². The van der Waals surface area contributed by atoms with Crippen molar-refractivity contribution in [2.75, 3.05) is 18.0 Å². The summed E-state index contributed by atoms with van der Waals surface area (Å²) in [6, 6.07) is 7.17. The Labute approximate surface area is 160 Å². The van der Waals surface area contributed by atoms with Crippen molar-refractivity contribution in [1.29, 1.82) is 0 Å². The monoisotopic (exact) mass is 373 g/mol. The minimum atomic E-state index is -0.975. The molecule has 0 bridgehead atoms. The highest BCUT2D eigenvalue weighted by Gasteiger charge is 2.30. The first-order valence-electron chi connectivity index (χ1n) is 9.69. The van der Waals surface area contributed by atoms with Gasteiger partial charge in [-0.15, -0.1) is 0 Å². The standard InChI is InChI=1S/C21H28FN3O2/c1-14(2)11-17(24-21(27)18-12-16(22)13-23-18)7-8-20(26)25-10-9-15-5-3-4-6-19(15)25/h3-8,14,16-18,23H,9-13H2,1-2H3,(H,24,27)/t16-,17+,18-/m0/s1. The molecule has 0 saturated carbocycles. The highest BCUT2D eigenvalue weighted by molar-refractivity contribution is 6.03. The lowest BCUT2D eigenvalue weighted by Crippen LogP contribution is -2.45. The van der Waals surface area contributed by atoms with Gasteiger partial charge in [-0.2, -0.15) is 0 Å². The van der Waals surface area contributed by atoms with Crippen LogP contribution in [0, 0.1) is 5.92 Å². The third kappa shape index (κ3) is 4.95. The molecule has 2 amide bonds. The molecule has 2 N–H and O–H groups in total. The zero-order valence-electron chi connectivity index (χ0n) is 16.0. The van der Waals surface area contributed by atoms with Crippen molar-refractivity contribution < 1.29 is 14.0 Å². The summed E-state index contributed by atoms with van der Waals surface area (Å²) in [6.07, 6.45) is 4.13. The van der Waals surface area contributed by atoms with Gasteiger partial charge in [0, 0.05) is 37.3 Å². The Bertz CT molecular complexity index is 719. The largest absolute Gasteiger partial charge is 0.349 e. The van der Waals surface area contributed by atoms with Crippen molar-refractivity contribution in [1.82, 2.24) is 10.6 Å². The van der Waals surface area contributed by atoms with E-state index in [1.165, 1.54) is 5.56 Å². The number of halogens is 1. The minimum absolute atomic E-state index is 0.0780. The topological polar surface area (TPSA) is 61.4 Å². The fourth-order valence-electron chi connectivity index (χ4n) is 3.72. The zero-order chi connectivity index (χ0) is 19.4. The van der Waals surface area contributed by atoms with Crippen LogP contribution in [-0.2, 0) is 16.0 Å². The number of amides is 2. The van der Waals surface area contributed by atoms with Crippen LogP contribution in [-0.4, -0.2) is 43.2 Å². The van der Waals surface area contributed by atoms with E-state index in [0.717, 1.165) is 18.5 Å². The van der Waals surface area contributed by atoms with E-state index in [-0.39, 0.29) is 30.8 Å². The van der Waals surface area contributed by atoms with Crippen LogP contribution >= 0.6 is 0 Å². The van der Waals surface area contributed by atoms with Crippen LogP contribution in [0.25, 0.3) is 0 Å². The number of fused-ring (bicyclic) bond motifs is 1. The van der Waals surface area contributed by atoms with Crippen molar-refractivity contribution >= 4 is 17.5 Å². The second-order valence-electron chi connectivity index (χ2n) is 7.77. The number of nitrogens with one attached hydrogen (secondary N) is 2. The molecule has 1 fully saturated rings. The van der Waals surface area contributed by atoms with Crippen LogP contribution in [0.15, 0.2) is 36.4 Å². The molecule has 0 unspecified atom stereocenters. The summed E-state index contributed by atoms with van der Waals surface area (Å²) < 4.78 is 13.3. The summed E-state index contributed by atoms with van der Waals surface area (Å²) in [5.41, 5.74) is 2.14. The van der Waals surface area contributed by atoms with E-state index >= 15 is 0 Å². The number of hydrogen-bond acceptors (Lipinski definition) is 3. The van der Waals surface area contributed by atoms with Gasteiger partial charge in [0.05, 0.1) is 6.04 Å². The van der Waals surface area contributed by atoms with Crippen LogP contribution in [0.1, 0.15) is 32.3 Å². The summed E-state index contributed by atoms with van der Waals surface area (Å²) in [5.74, 6) is 0.0724. The van der Waals surface area contributed by atoms with E-state index in [9.17, 15) is 14.0 Å². The Morgan fingerprint density at radius 2 is 2.15 bits per heavy atom. The van der Waals surface area contributed by atoms with E-state index < -0.39 is 12.2 Å². The van der Waals surface area contributed by atoms with Gasteiger partial charge >= 0.3 is 0 Å². The van der Waals surface area contributed by atoms with E-state index in [2.05, 4.69) is 24.5 Å². The number of rotatable bonds is 6. The Morgan fingerprint density at radius 1 is 1.37 bits per heavy atom. The molecule has 0 radical (unpaired) electrons. The Hall–Kier alpha value is -2.21. The van der Waals surface area contributed by atoms with Gasteiger partial charge in [0.2, 0.25) is 5.91 Å². The quantitative estimate of drug-likeness (QED) is 0.753. The molecule has 0 aromatic heterocycles. The second kappa shape index (κ2) is 8.65. The highest BCUT2D eigenvalue weighted by Crippen LogP contribution is 2.27. The van der Waals surface area contributed by atoms with Gasteiger partial charge < -0.3 is 15.5 Å². The van der Waals surface area contributed by atoms with Crippen LogP contribution in [0.3, 0.4) is 0 Å². The third-order valence-corrected chi connectivity index (χ3v) is 5.07. The summed E-state index contributed by atoms with van der Waals surface area (Å²) in [5, 5.41) is 5.85. The van der Waals surface area contributed by atoms with E-state index in [0.29, 0.717) is 12.5 Å². The second-order valence-corrected chi connectivity index (χ2v) is 7.77. The van der Waals surface area contributed by atoms with Crippen molar-refractivity contribution in [3.63, 3.8) is 0 Å². The number of anilines is 1. The van der Waals surface area contributed by atoms with Gasteiger partial charge in [-0.3, -0.25) is 9.59 Å². The van der Waals surface area contributed by atoms with Crippen LogP contribution in [0.2, 0.25) is 0 Å². The maximum absolute atomic E-state index is 13.3. The SMILES string of the molecule is CC(C)C[C@@H](C=CC(=O)N1CCc2ccccc21)NC(=O)[C@@H]1C[C@H](F)CN1. The van der Waals surface area contributed by atoms with Gasteiger partial charge in [-0.05, 0) is 30.4 Å². The van der Waals surface area contributed by atoms with Crippen molar-refractivity contribution in [2.24, 2.45) is 5.92 Å². The highest BCUT2D eigenvalue weighted by atomic mass is 19.1. The van der Waals surface area contributed by atoms with Crippen molar-refractivity contribution in [3.8, 4) is 0 Å². The lowest BCUT2D eigenvalue weighted by atomic mass is 10.0. The molecule has 3 atom stereocenters. The molecule has 3 rings (SSSR count). The molecule has 5 nitrogen and oxygen atoms in total. The van der Waals surface area contributed by atoms with Gasteiger partial charge in [0.15, 0.2) is 0 Å². The Morgan fingerprint density at radius 3 is 2.85 bits per heavy atom. The summed E-state index contributed by atoms with van der Waals surface area (Å²) >= 11 is 0. The zero-order valence-corrected chi connectivity index (χ0v) is 16.0. The van der Waals surface area contributed by atoms with Gasteiger partial charge in [-0.25, -0.2) is 4.39 Å². The first-order chi connectivity index (χ1) is 12.9. The molecule has 1 saturated heterocycles. The molecule has 0 spiro atoms. The number of alkyl halides is 1. The predicted molar refractivity (Wildman–Crippen MR) is 104 cm³/mol. The molecule has 6 heteroatoms. The average Bonchev–Trinajstić information content (AvgIpc) is 3.25. The first kappa shape index (κ1) is 19.5. The van der Waals surface area contributed by atoms with E-state index in [1.54, 1.807) is 17.1 Å². The average molecular weight is 373 g/mol. The van der Waals surface area contributed by atoms with Crippen LogP contribution in [0.4, 0.5) is 10.1 Å². The molecular formula is C21H28FN3O2. The number of para-hydroxylation sites is 1. The number of benzene rings is 1. The number of carbonyl (C=O) groups is 2. The molecule has 2 aliphatic heterocycles.